The molecule has 1 aromatic heterocycles. The van der Waals surface area contributed by atoms with Crippen molar-refractivity contribution in [1.29, 1.82) is 0 Å². The highest BCUT2D eigenvalue weighted by molar-refractivity contribution is 14.0. The van der Waals surface area contributed by atoms with Crippen LogP contribution in [0, 0.1) is 5.82 Å². The summed E-state index contributed by atoms with van der Waals surface area (Å²) in [5.41, 5.74) is 1.73. The van der Waals surface area contributed by atoms with Gasteiger partial charge in [0.05, 0.1) is 0 Å². The second-order valence-electron chi connectivity index (χ2n) is 5.94. The van der Waals surface area contributed by atoms with Gasteiger partial charge in [0.15, 0.2) is 5.96 Å². The Morgan fingerprint density at radius 2 is 1.92 bits per heavy atom. The first kappa shape index (κ1) is 21.4. The third-order valence-electron chi connectivity index (χ3n) is 3.61. The Morgan fingerprint density at radius 1 is 1.20 bits per heavy atom. The minimum Gasteiger partial charge on any atom is -0.355 e. The summed E-state index contributed by atoms with van der Waals surface area (Å²) in [6.45, 7) is 2.84. The van der Waals surface area contributed by atoms with Crippen LogP contribution in [0.25, 0.3) is 0 Å². The summed E-state index contributed by atoms with van der Waals surface area (Å²) in [7, 11) is 5.61. The Morgan fingerprint density at radius 3 is 2.56 bits per heavy atom. The van der Waals surface area contributed by atoms with Gasteiger partial charge in [-0.15, -0.1) is 24.0 Å². The van der Waals surface area contributed by atoms with Crippen molar-refractivity contribution in [2.45, 2.75) is 19.6 Å². The maximum atomic E-state index is 13.8. The third-order valence-corrected chi connectivity index (χ3v) is 3.61. The molecule has 0 aliphatic heterocycles. The van der Waals surface area contributed by atoms with E-state index >= 15 is 0 Å². The number of aliphatic imine (C=N–C) groups is 1. The molecule has 2 N–H and O–H groups in total. The lowest BCUT2D eigenvalue weighted by atomic mass is 10.1. The standard InChI is InChI=1S/C18H26FN5.HI/c1-20-18(21-8-11-24-9-4-5-10-24)22-13-15-6-7-17(19)16(12-15)14-23(2)3;/h4-7,9-10,12H,8,11,13-14H2,1-3H3,(H2,20,21,22);1H. The summed E-state index contributed by atoms with van der Waals surface area (Å²) in [5.74, 6) is 0.572. The van der Waals surface area contributed by atoms with E-state index in [0.29, 0.717) is 18.7 Å². The molecular formula is C18H27FIN5. The zero-order valence-electron chi connectivity index (χ0n) is 15.0. The number of rotatable bonds is 7. The predicted octanol–water partition coefficient (Wildman–Crippen LogP) is 2.67. The number of halogens is 2. The Hall–Kier alpha value is -1.61. The number of nitrogens with zero attached hydrogens (tertiary/aromatic N) is 3. The smallest absolute Gasteiger partial charge is 0.191 e. The van der Waals surface area contributed by atoms with Crippen molar-refractivity contribution in [3.8, 4) is 0 Å². The number of nitrogens with one attached hydrogen (secondary N) is 2. The molecule has 0 spiro atoms. The molecule has 2 rings (SSSR count). The van der Waals surface area contributed by atoms with Gasteiger partial charge >= 0.3 is 0 Å². The quantitative estimate of drug-likeness (QED) is 0.380. The molecule has 0 aliphatic rings. The predicted molar refractivity (Wildman–Crippen MR) is 112 cm³/mol. The largest absolute Gasteiger partial charge is 0.355 e. The first-order chi connectivity index (χ1) is 11.6. The van der Waals surface area contributed by atoms with Crippen molar-refractivity contribution >= 4 is 29.9 Å². The Balaban J connectivity index is 0.00000312. The van der Waals surface area contributed by atoms with Crippen LogP contribution in [0.3, 0.4) is 0 Å². The third kappa shape index (κ3) is 7.43. The molecule has 0 atom stereocenters. The van der Waals surface area contributed by atoms with Crippen LogP contribution >= 0.6 is 24.0 Å². The lowest BCUT2D eigenvalue weighted by molar-refractivity contribution is 0.392. The van der Waals surface area contributed by atoms with Gasteiger partial charge in [0.2, 0.25) is 0 Å². The molecule has 5 nitrogen and oxygen atoms in total. The van der Waals surface area contributed by atoms with Crippen LogP contribution in [0.2, 0.25) is 0 Å². The summed E-state index contributed by atoms with van der Waals surface area (Å²) in [5, 5.41) is 6.53. The second-order valence-corrected chi connectivity index (χ2v) is 5.94. The van der Waals surface area contributed by atoms with Crippen LogP contribution in [0.1, 0.15) is 11.1 Å². The SMILES string of the molecule is CN=C(NCCn1cccc1)NCc1ccc(F)c(CN(C)C)c1.I. The molecule has 0 aliphatic carbocycles. The van der Waals surface area contributed by atoms with Crippen molar-refractivity contribution in [2.24, 2.45) is 4.99 Å². The molecule has 0 radical (unpaired) electrons. The highest BCUT2D eigenvalue weighted by atomic mass is 127. The molecule has 0 saturated carbocycles. The van der Waals surface area contributed by atoms with Gasteiger partial charge in [-0.05, 0) is 43.9 Å². The van der Waals surface area contributed by atoms with Crippen LogP contribution < -0.4 is 10.6 Å². The van der Waals surface area contributed by atoms with Gasteiger partial charge in [-0.1, -0.05) is 6.07 Å². The highest BCUT2D eigenvalue weighted by Crippen LogP contribution is 2.12. The van der Waals surface area contributed by atoms with Crippen LogP contribution in [0.5, 0.6) is 0 Å². The first-order valence-electron chi connectivity index (χ1n) is 8.06. The van der Waals surface area contributed by atoms with Gasteiger partial charge in [-0.25, -0.2) is 4.39 Å². The van der Waals surface area contributed by atoms with Crippen LogP contribution in [0.15, 0.2) is 47.7 Å². The monoisotopic (exact) mass is 459 g/mol. The minimum absolute atomic E-state index is 0. The lowest BCUT2D eigenvalue weighted by Crippen LogP contribution is -2.38. The number of benzene rings is 1. The second kappa shape index (κ2) is 11.1. The molecule has 0 unspecified atom stereocenters. The van der Waals surface area contributed by atoms with Gasteiger partial charge in [0, 0.05) is 51.2 Å². The van der Waals surface area contributed by atoms with Crippen molar-refractivity contribution in [3.05, 3.63) is 59.7 Å². The summed E-state index contributed by atoms with van der Waals surface area (Å²) in [4.78, 5) is 6.17. The van der Waals surface area contributed by atoms with E-state index in [1.165, 1.54) is 6.07 Å². The maximum absolute atomic E-state index is 13.8. The minimum atomic E-state index is -0.165. The van der Waals surface area contributed by atoms with E-state index in [-0.39, 0.29) is 29.8 Å². The van der Waals surface area contributed by atoms with E-state index in [9.17, 15) is 4.39 Å². The van der Waals surface area contributed by atoms with Crippen LogP contribution in [0.4, 0.5) is 4.39 Å². The van der Waals surface area contributed by atoms with Gasteiger partial charge in [0.1, 0.15) is 5.82 Å². The molecule has 1 aromatic carbocycles. The van der Waals surface area contributed by atoms with E-state index < -0.39 is 0 Å². The van der Waals surface area contributed by atoms with E-state index in [2.05, 4.69) is 20.2 Å². The molecule has 2 aromatic rings. The summed E-state index contributed by atoms with van der Waals surface area (Å²) < 4.78 is 15.9. The van der Waals surface area contributed by atoms with Gasteiger partial charge in [0.25, 0.3) is 0 Å². The van der Waals surface area contributed by atoms with E-state index in [0.717, 1.165) is 24.6 Å². The molecule has 138 valence electrons. The number of hydrogen-bond donors (Lipinski definition) is 2. The van der Waals surface area contributed by atoms with Crippen LogP contribution in [-0.2, 0) is 19.6 Å². The van der Waals surface area contributed by atoms with Crippen molar-refractivity contribution in [1.82, 2.24) is 20.1 Å². The Kier molecular flexibility index (Phi) is 9.51. The maximum Gasteiger partial charge on any atom is 0.191 e. The molecule has 25 heavy (non-hydrogen) atoms. The van der Waals surface area contributed by atoms with Gasteiger partial charge in [-0.2, -0.15) is 0 Å². The molecule has 0 amide bonds. The molecule has 0 fully saturated rings. The van der Waals surface area contributed by atoms with Crippen LogP contribution in [-0.4, -0.2) is 43.1 Å². The zero-order chi connectivity index (χ0) is 17.4. The average Bonchev–Trinajstić information content (AvgIpc) is 3.06. The lowest BCUT2D eigenvalue weighted by Gasteiger charge is -2.14. The average molecular weight is 459 g/mol. The Labute approximate surface area is 166 Å². The van der Waals surface area contributed by atoms with Gasteiger partial charge < -0.3 is 20.1 Å². The van der Waals surface area contributed by atoms with E-state index in [1.807, 2.05) is 49.6 Å². The Bertz CT molecular complexity index is 655. The fourth-order valence-electron chi connectivity index (χ4n) is 2.43. The van der Waals surface area contributed by atoms with Crippen molar-refractivity contribution in [3.63, 3.8) is 0 Å². The van der Waals surface area contributed by atoms with Crippen molar-refractivity contribution < 1.29 is 4.39 Å². The first-order valence-corrected chi connectivity index (χ1v) is 8.06. The fraction of sp³-hybridized carbons (Fsp3) is 0.389. The number of hydrogen-bond acceptors (Lipinski definition) is 2. The zero-order valence-corrected chi connectivity index (χ0v) is 17.3. The normalized spacial score (nSPS) is 11.3. The summed E-state index contributed by atoms with van der Waals surface area (Å²) in [6, 6.07) is 9.24. The van der Waals surface area contributed by atoms with Gasteiger partial charge in [-0.3, -0.25) is 4.99 Å². The van der Waals surface area contributed by atoms with E-state index in [1.54, 1.807) is 13.1 Å². The highest BCUT2D eigenvalue weighted by Gasteiger charge is 2.06. The summed E-state index contributed by atoms with van der Waals surface area (Å²) >= 11 is 0. The molecular weight excluding hydrogens is 432 g/mol. The number of aromatic nitrogens is 1. The fourth-order valence-corrected chi connectivity index (χ4v) is 2.43. The van der Waals surface area contributed by atoms with Crippen molar-refractivity contribution in [2.75, 3.05) is 27.7 Å². The topological polar surface area (TPSA) is 44.6 Å². The van der Waals surface area contributed by atoms with E-state index in [4.69, 9.17) is 0 Å². The molecule has 1 heterocycles. The molecule has 0 bridgehead atoms. The summed E-state index contributed by atoms with van der Waals surface area (Å²) in [6.07, 6.45) is 4.06. The number of guanidine groups is 1. The molecule has 7 heteroatoms. The molecule has 0 saturated heterocycles.